The Kier molecular flexibility index (Phi) is 5.46. The third-order valence-corrected chi connectivity index (χ3v) is 2.51. The van der Waals surface area contributed by atoms with E-state index >= 15 is 0 Å². The van der Waals surface area contributed by atoms with Gasteiger partial charge in [-0.2, -0.15) is 16.1 Å². The van der Waals surface area contributed by atoms with Gasteiger partial charge in [-0.3, -0.25) is 14.9 Å². The fourth-order valence-corrected chi connectivity index (χ4v) is 1.52. The molecule has 2 rings (SSSR count). The summed E-state index contributed by atoms with van der Waals surface area (Å²) in [7, 11) is 1.64. The minimum Gasteiger partial charge on any atom is -0.301 e. The predicted molar refractivity (Wildman–Crippen MR) is 65.6 cm³/mol. The maximum Gasteiger partial charge on any atom is 0.226 e. The van der Waals surface area contributed by atoms with Crippen molar-refractivity contribution < 1.29 is 42.4 Å². The van der Waals surface area contributed by atoms with Crippen LogP contribution in [0.2, 0.25) is 0 Å². The van der Waals surface area contributed by atoms with Crippen molar-refractivity contribution in [1.29, 1.82) is 0 Å². The number of aromatic nitrogens is 3. The van der Waals surface area contributed by atoms with Gasteiger partial charge >= 0.3 is 0 Å². The number of carbonyl (C=O) groups excluding carboxylic acids is 1. The Morgan fingerprint density at radius 2 is 2.20 bits per heavy atom. The molecule has 0 saturated heterocycles. The van der Waals surface area contributed by atoms with Crippen molar-refractivity contribution in [2.45, 2.75) is 6.92 Å². The monoisotopic (exact) mass is 349 g/mol. The molecule has 9 heteroatoms. The van der Waals surface area contributed by atoms with Gasteiger partial charge in [-0.25, -0.2) is 4.68 Å². The van der Waals surface area contributed by atoms with Crippen LogP contribution >= 0.6 is 0 Å². The molecule has 0 aliphatic heterocycles. The van der Waals surface area contributed by atoms with Crippen LogP contribution < -0.4 is 5.32 Å². The topological polar surface area (TPSA) is 103 Å². The van der Waals surface area contributed by atoms with Gasteiger partial charge in [-0.05, 0) is 0 Å². The van der Waals surface area contributed by atoms with E-state index in [1.165, 1.54) is 23.1 Å². The zero-order valence-electron chi connectivity index (χ0n) is 10.8. The van der Waals surface area contributed by atoms with Crippen LogP contribution in [-0.2, 0) is 39.8 Å². The molecule has 1 radical (unpaired) electrons. The number of benzene rings is 1. The molecule has 2 aromatic rings. The molecule has 0 aliphatic rings. The minimum atomic E-state index is -0.558. The van der Waals surface area contributed by atoms with E-state index < -0.39 is 10.8 Å². The van der Waals surface area contributed by atoms with Crippen molar-refractivity contribution in [3.8, 4) is 0 Å². The van der Waals surface area contributed by atoms with Crippen LogP contribution in [0.4, 0.5) is 11.6 Å². The van der Waals surface area contributed by atoms with Crippen molar-refractivity contribution >= 4 is 17.5 Å². The standard InChI is InChI=1S/C11H10N5O3.Y/c1-7-5-8(16(18)19)3-4-9(7)10(17)14-11-12-6-13-15(11)2;/h3-4,6H,1-2H3,(H,12,13,14,17);/q-1;. The molecule has 1 aromatic heterocycles. The zero-order chi connectivity index (χ0) is 14.0. The number of nitrogens with zero attached hydrogens (tertiary/aromatic N) is 4. The second-order valence-corrected chi connectivity index (χ2v) is 3.80. The Morgan fingerprint density at radius 3 is 2.70 bits per heavy atom. The Morgan fingerprint density at radius 1 is 1.50 bits per heavy atom. The molecule has 0 spiro atoms. The Bertz CT molecular complexity index is 655. The largest absolute Gasteiger partial charge is 0.301 e. The van der Waals surface area contributed by atoms with Gasteiger partial charge < -0.3 is 5.32 Å². The van der Waals surface area contributed by atoms with Crippen LogP contribution in [0.25, 0.3) is 0 Å². The number of aryl methyl sites for hydroxylation is 2. The average molecular weight is 349 g/mol. The first-order valence-corrected chi connectivity index (χ1v) is 5.31. The molecule has 0 aliphatic carbocycles. The second kappa shape index (κ2) is 6.67. The first-order chi connectivity index (χ1) is 8.99. The summed E-state index contributed by atoms with van der Waals surface area (Å²) in [6.45, 7) is 1.58. The van der Waals surface area contributed by atoms with Gasteiger partial charge in [0.25, 0.3) is 0 Å². The Labute approximate surface area is 139 Å². The first-order valence-electron chi connectivity index (χ1n) is 5.31. The van der Waals surface area contributed by atoms with Gasteiger partial charge in [0.2, 0.25) is 11.9 Å². The molecule has 0 saturated carbocycles. The van der Waals surface area contributed by atoms with Gasteiger partial charge in [-0.15, -0.1) is 5.56 Å². The zero-order valence-corrected chi connectivity index (χ0v) is 13.7. The summed E-state index contributed by atoms with van der Waals surface area (Å²) in [5.74, 6) is -0.123. The van der Waals surface area contributed by atoms with E-state index in [-0.39, 0.29) is 38.4 Å². The van der Waals surface area contributed by atoms with E-state index in [1.54, 1.807) is 14.0 Å². The van der Waals surface area contributed by atoms with Crippen LogP contribution in [0.1, 0.15) is 15.9 Å². The number of non-ortho nitro benzene ring substituents is 1. The molecule has 0 atom stereocenters. The number of anilines is 1. The number of nitro benzene ring substituents is 1. The van der Waals surface area contributed by atoms with Crippen molar-refractivity contribution in [2.24, 2.45) is 7.05 Å². The van der Waals surface area contributed by atoms with Gasteiger partial charge in [0.05, 0.1) is 0 Å². The molecule has 1 aromatic carbocycles. The average Bonchev–Trinajstić information content (AvgIpc) is 2.74. The minimum absolute atomic E-state index is 0. The van der Waals surface area contributed by atoms with Crippen LogP contribution in [0.15, 0.2) is 18.5 Å². The van der Waals surface area contributed by atoms with Gasteiger partial charge in [-0.1, -0.05) is 24.6 Å². The first kappa shape index (κ1) is 16.4. The maximum absolute atomic E-state index is 12.0. The molecule has 1 N–H and O–H groups in total. The Balaban J connectivity index is 0.00000200. The molecule has 0 fully saturated rings. The van der Waals surface area contributed by atoms with E-state index in [2.05, 4.69) is 21.5 Å². The predicted octanol–water partition coefficient (Wildman–Crippen LogP) is 1.08. The number of amides is 1. The summed E-state index contributed by atoms with van der Waals surface area (Å²) < 4.78 is 1.41. The van der Waals surface area contributed by atoms with Crippen molar-refractivity contribution in [1.82, 2.24) is 14.8 Å². The van der Waals surface area contributed by atoms with Crippen molar-refractivity contribution in [3.05, 3.63) is 45.8 Å². The maximum atomic E-state index is 12.0. The Hall–Kier alpha value is -1.67. The number of rotatable bonds is 3. The number of hydrogen-bond acceptors (Lipinski definition) is 5. The quantitative estimate of drug-likeness (QED) is 0.507. The van der Waals surface area contributed by atoms with E-state index in [4.69, 9.17) is 0 Å². The van der Waals surface area contributed by atoms with Crippen molar-refractivity contribution in [2.75, 3.05) is 5.32 Å². The molecule has 1 heterocycles. The summed E-state index contributed by atoms with van der Waals surface area (Å²) in [6, 6.07) is 5.17. The fourth-order valence-electron chi connectivity index (χ4n) is 1.52. The normalized spacial score (nSPS) is 9.70. The molecular weight excluding hydrogens is 339 g/mol. The smallest absolute Gasteiger partial charge is 0.226 e. The second-order valence-electron chi connectivity index (χ2n) is 3.80. The SMILES string of the molecule is Cc1[c-]c([N+](=O)[O-])ccc1C(=O)Nc1ncnn1C.[Y]. The summed E-state index contributed by atoms with van der Waals surface area (Å²) >= 11 is 0. The van der Waals surface area contributed by atoms with Crippen molar-refractivity contribution in [3.63, 3.8) is 0 Å². The molecular formula is C11H10N5O3Y-. The summed E-state index contributed by atoms with van der Waals surface area (Å²) in [6.07, 6.45) is 1.31. The van der Waals surface area contributed by atoms with Crippen LogP contribution in [0, 0.1) is 23.1 Å². The van der Waals surface area contributed by atoms with E-state index in [0.29, 0.717) is 17.1 Å². The summed E-state index contributed by atoms with van der Waals surface area (Å²) in [4.78, 5) is 25.9. The van der Waals surface area contributed by atoms with E-state index in [1.807, 2.05) is 0 Å². The van der Waals surface area contributed by atoms with Crippen LogP contribution in [-0.4, -0.2) is 25.6 Å². The molecule has 101 valence electrons. The van der Waals surface area contributed by atoms with Crippen LogP contribution in [0.5, 0.6) is 0 Å². The molecule has 1 amide bonds. The van der Waals surface area contributed by atoms with Gasteiger partial charge in [0, 0.05) is 44.7 Å². The molecule has 0 bridgehead atoms. The molecule has 8 nitrogen and oxygen atoms in total. The van der Waals surface area contributed by atoms with Gasteiger partial charge in [0.15, 0.2) is 5.69 Å². The summed E-state index contributed by atoms with van der Waals surface area (Å²) in [5, 5.41) is 17.0. The molecule has 0 unspecified atom stereocenters. The number of carbonyl (C=O) groups is 1. The molecule has 20 heavy (non-hydrogen) atoms. The van der Waals surface area contributed by atoms with Gasteiger partial charge in [0.1, 0.15) is 6.33 Å². The fraction of sp³-hybridized carbons (Fsp3) is 0.182. The number of hydrogen-bond donors (Lipinski definition) is 1. The van der Waals surface area contributed by atoms with E-state index in [9.17, 15) is 14.9 Å². The third-order valence-electron chi connectivity index (χ3n) is 2.51. The number of nitro groups is 1. The third kappa shape index (κ3) is 3.46. The van der Waals surface area contributed by atoms with Crippen LogP contribution in [0.3, 0.4) is 0 Å². The van der Waals surface area contributed by atoms with E-state index in [0.717, 1.165) is 0 Å². The summed E-state index contributed by atoms with van der Waals surface area (Å²) in [5.41, 5.74) is 0.523. The number of nitrogens with one attached hydrogen (secondary N) is 1.